The molecular formula is C18H27N3O4. The monoisotopic (exact) mass is 349 g/mol. The van der Waals surface area contributed by atoms with Crippen LogP contribution in [0, 0.1) is 0 Å². The first-order valence-corrected chi connectivity index (χ1v) is 8.68. The third kappa shape index (κ3) is 6.17. The minimum Gasteiger partial charge on any atom is -0.493 e. The molecule has 0 unspecified atom stereocenters. The van der Waals surface area contributed by atoms with Crippen LogP contribution in [0.15, 0.2) is 18.2 Å². The van der Waals surface area contributed by atoms with Gasteiger partial charge in [-0.25, -0.2) is 4.79 Å². The average Bonchev–Trinajstić information content (AvgIpc) is 2.62. The molecule has 1 aliphatic rings. The molecule has 7 nitrogen and oxygen atoms in total. The third-order valence-corrected chi connectivity index (χ3v) is 4.25. The molecule has 0 aromatic heterocycles. The number of carbonyl (C=O) groups is 2. The van der Waals surface area contributed by atoms with Gasteiger partial charge in [0.15, 0.2) is 11.5 Å². The maximum atomic E-state index is 12.0. The highest BCUT2D eigenvalue weighted by Gasteiger charge is 2.15. The number of amides is 3. The number of hydrogen-bond acceptors (Lipinski definition) is 4. The van der Waals surface area contributed by atoms with E-state index < -0.39 is 0 Å². The zero-order chi connectivity index (χ0) is 18.1. The summed E-state index contributed by atoms with van der Waals surface area (Å²) in [5.41, 5.74) is 0.620. The number of hydrogen-bond donors (Lipinski definition) is 3. The molecule has 1 aliphatic carbocycles. The van der Waals surface area contributed by atoms with Crippen molar-refractivity contribution in [2.24, 2.45) is 0 Å². The molecule has 1 saturated carbocycles. The Morgan fingerprint density at radius 2 is 1.80 bits per heavy atom. The van der Waals surface area contributed by atoms with Crippen molar-refractivity contribution in [3.63, 3.8) is 0 Å². The molecule has 2 rings (SSSR count). The van der Waals surface area contributed by atoms with Gasteiger partial charge in [0.25, 0.3) is 0 Å². The van der Waals surface area contributed by atoms with Crippen molar-refractivity contribution in [1.82, 2.24) is 10.6 Å². The van der Waals surface area contributed by atoms with Crippen molar-refractivity contribution < 1.29 is 19.1 Å². The third-order valence-electron chi connectivity index (χ3n) is 4.25. The van der Waals surface area contributed by atoms with Crippen LogP contribution in [0.2, 0.25) is 0 Å². The van der Waals surface area contributed by atoms with E-state index in [9.17, 15) is 9.59 Å². The molecule has 0 bridgehead atoms. The molecule has 0 aliphatic heterocycles. The molecular weight excluding hydrogens is 322 g/mol. The van der Waals surface area contributed by atoms with E-state index >= 15 is 0 Å². The summed E-state index contributed by atoms with van der Waals surface area (Å²) in [6, 6.07) is 5.22. The lowest BCUT2D eigenvalue weighted by molar-refractivity contribution is -0.116. The standard InChI is InChI=1S/C18H27N3O4/c1-24-15-9-8-14(12-16(15)25-2)20-17(22)10-11-19-18(23)21-13-6-4-3-5-7-13/h8-9,12-13H,3-7,10-11H2,1-2H3,(H,20,22)(H2,19,21,23). The van der Waals surface area contributed by atoms with Gasteiger partial charge in [0.1, 0.15) is 0 Å². The highest BCUT2D eigenvalue weighted by molar-refractivity contribution is 5.91. The number of carbonyl (C=O) groups excluding carboxylic acids is 2. The van der Waals surface area contributed by atoms with Crippen LogP contribution in [0.5, 0.6) is 11.5 Å². The Morgan fingerprint density at radius 3 is 2.48 bits per heavy atom. The number of urea groups is 1. The van der Waals surface area contributed by atoms with Gasteiger partial charge in [-0.2, -0.15) is 0 Å². The molecule has 0 spiro atoms. The summed E-state index contributed by atoms with van der Waals surface area (Å²) in [5.74, 6) is 0.969. The molecule has 1 aromatic rings. The topological polar surface area (TPSA) is 88.7 Å². The van der Waals surface area contributed by atoms with Gasteiger partial charge in [-0.15, -0.1) is 0 Å². The molecule has 3 amide bonds. The molecule has 0 radical (unpaired) electrons. The second-order valence-corrected chi connectivity index (χ2v) is 6.10. The number of benzene rings is 1. The number of anilines is 1. The predicted molar refractivity (Wildman–Crippen MR) is 96.2 cm³/mol. The van der Waals surface area contributed by atoms with Gasteiger partial charge in [-0.3, -0.25) is 4.79 Å². The maximum Gasteiger partial charge on any atom is 0.315 e. The van der Waals surface area contributed by atoms with Crippen molar-refractivity contribution in [3.8, 4) is 11.5 Å². The SMILES string of the molecule is COc1ccc(NC(=O)CCNC(=O)NC2CCCCC2)cc1OC. The van der Waals surface area contributed by atoms with Crippen LogP contribution in [0.1, 0.15) is 38.5 Å². The van der Waals surface area contributed by atoms with Gasteiger partial charge in [-0.05, 0) is 25.0 Å². The first kappa shape index (κ1) is 18.9. The molecule has 25 heavy (non-hydrogen) atoms. The maximum absolute atomic E-state index is 12.0. The molecule has 1 fully saturated rings. The van der Waals surface area contributed by atoms with E-state index in [0.29, 0.717) is 17.2 Å². The van der Waals surface area contributed by atoms with Gasteiger partial charge < -0.3 is 25.4 Å². The molecule has 138 valence electrons. The Bertz CT molecular complexity index is 586. The van der Waals surface area contributed by atoms with E-state index in [4.69, 9.17) is 9.47 Å². The molecule has 3 N–H and O–H groups in total. The zero-order valence-corrected chi connectivity index (χ0v) is 14.9. The van der Waals surface area contributed by atoms with Gasteiger partial charge >= 0.3 is 6.03 Å². The largest absolute Gasteiger partial charge is 0.493 e. The fourth-order valence-corrected chi connectivity index (χ4v) is 2.91. The lowest BCUT2D eigenvalue weighted by Crippen LogP contribution is -2.43. The van der Waals surface area contributed by atoms with Gasteiger partial charge in [-0.1, -0.05) is 19.3 Å². The first-order valence-electron chi connectivity index (χ1n) is 8.68. The van der Waals surface area contributed by atoms with Gasteiger partial charge in [0, 0.05) is 30.8 Å². The van der Waals surface area contributed by atoms with Crippen LogP contribution in [0.3, 0.4) is 0 Å². The Kier molecular flexibility index (Phi) is 7.37. The summed E-state index contributed by atoms with van der Waals surface area (Å²) in [5, 5.41) is 8.47. The van der Waals surface area contributed by atoms with Gasteiger partial charge in [0.2, 0.25) is 5.91 Å². The molecule has 0 saturated heterocycles. The molecule has 1 aromatic carbocycles. The lowest BCUT2D eigenvalue weighted by atomic mass is 9.96. The van der Waals surface area contributed by atoms with E-state index in [1.54, 1.807) is 25.3 Å². The Morgan fingerprint density at radius 1 is 1.08 bits per heavy atom. The highest BCUT2D eigenvalue weighted by atomic mass is 16.5. The van der Waals surface area contributed by atoms with Crippen molar-refractivity contribution in [1.29, 1.82) is 0 Å². The number of ether oxygens (including phenoxy) is 2. The average molecular weight is 349 g/mol. The highest BCUT2D eigenvalue weighted by Crippen LogP contribution is 2.29. The normalized spacial score (nSPS) is 14.5. The fraction of sp³-hybridized carbons (Fsp3) is 0.556. The second kappa shape index (κ2) is 9.76. The van der Waals surface area contributed by atoms with Crippen LogP contribution < -0.4 is 25.4 Å². The van der Waals surface area contributed by atoms with Crippen molar-refractivity contribution in [2.45, 2.75) is 44.6 Å². The minimum absolute atomic E-state index is 0.176. The fourth-order valence-electron chi connectivity index (χ4n) is 2.91. The Balaban J connectivity index is 1.70. The van der Waals surface area contributed by atoms with Crippen LogP contribution in [0.4, 0.5) is 10.5 Å². The van der Waals surface area contributed by atoms with Gasteiger partial charge in [0.05, 0.1) is 14.2 Å². The smallest absolute Gasteiger partial charge is 0.315 e. The molecule has 0 atom stereocenters. The Labute approximate surface area is 148 Å². The second-order valence-electron chi connectivity index (χ2n) is 6.10. The summed E-state index contributed by atoms with van der Waals surface area (Å²) in [6.45, 7) is 0.289. The molecule has 7 heteroatoms. The van der Waals surface area contributed by atoms with E-state index in [1.165, 1.54) is 26.4 Å². The predicted octanol–water partition coefficient (Wildman–Crippen LogP) is 2.66. The van der Waals surface area contributed by atoms with E-state index in [-0.39, 0.29) is 30.9 Å². The van der Waals surface area contributed by atoms with Crippen LogP contribution in [-0.4, -0.2) is 38.7 Å². The van der Waals surface area contributed by atoms with Crippen molar-refractivity contribution in [3.05, 3.63) is 18.2 Å². The summed E-state index contributed by atoms with van der Waals surface area (Å²) < 4.78 is 10.4. The summed E-state index contributed by atoms with van der Waals surface area (Å²) >= 11 is 0. The summed E-state index contributed by atoms with van der Waals surface area (Å²) in [4.78, 5) is 23.8. The van der Waals surface area contributed by atoms with Crippen LogP contribution in [0.25, 0.3) is 0 Å². The van der Waals surface area contributed by atoms with Crippen LogP contribution in [-0.2, 0) is 4.79 Å². The lowest BCUT2D eigenvalue weighted by Gasteiger charge is -2.22. The minimum atomic E-state index is -0.203. The number of methoxy groups -OCH3 is 2. The van der Waals surface area contributed by atoms with Crippen molar-refractivity contribution >= 4 is 17.6 Å². The molecule has 0 heterocycles. The van der Waals surface area contributed by atoms with Crippen molar-refractivity contribution in [2.75, 3.05) is 26.1 Å². The number of nitrogens with one attached hydrogen (secondary N) is 3. The quantitative estimate of drug-likeness (QED) is 0.706. The van der Waals surface area contributed by atoms with E-state index in [0.717, 1.165) is 12.8 Å². The summed E-state index contributed by atoms with van der Waals surface area (Å²) in [6.07, 6.45) is 5.85. The van der Waals surface area contributed by atoms with E-state index in [1.807, 2.05) is 0 Å². The summed E-state index contributed by atoms with van der Waals surface area (Å²) in [7, 11) is 3.10. The first-order chi connectivity index (χ1) is 12.1. The van der Waals surface area contributed by atoms with E-state index in [2.05, 4.69) is 16.0 Å². The zero-order valence-electron chi connectivity index (χ0n) is 14.9. The number of rotatable bonds is 7. The Hall–Kier alpha value is -2.44. The van der Waals surface area contributed by atoms with Crippen LogP contribution >= 0.6 is 0 Å².